The van der Waals surface area contributed by atoms with Gasteiger partial charge in [0.2, 0.25) is 16.0 Å². The topological polar surface area (TPSA) is 90.5 Å². The summed E-state index contributed by atoms with van der Waals surface area (Å²) in [4.78, 5) is 14.2. The summed E-state index contributed by atoms with van der Waals surface area (Å²) in [5.74, 6) is 0.517. The van der Waals surface area contributed by atoms with Gasteiger partial charge in [-0.25, -0.2) is 23.1 Å². The lowest BCUT2D eigenvalue weighted by Crippen LogP contribution is -2.44. The molecule has 0 spiro atoms. The summed E-state index contributed by atoms with van der Waals surface area (Å²) in [6.07, 6.45) is 2.31. The first kappa shape index (κ1) is 25.1. The van der Waals surface area contributed by atoms with Crippen molar-refractivity contribution >= 4 is 27.3 Å². The highest BCUT2D eigenvalue weighted by molar-refractivity contribution is 7.89. The number of aromatic nitrogens is 2. The molecule has 3 aromatic rings. The molecule has 1 aromatic heterocycles. The third-order valence-corrected chi connectivity index (χ3v) is 7.70. The van der Waals surface area contributed by atoms with Crippen molar-refractivity contribution in [2.24, 2.45) is 0 Å². The number of aryl methyl sites for hydroxylation is 1. The van der Waals surface area contributed by atoms with Crippen molar-refractivity contribution in [2.75, 3.05) is 43.4 Å². The average Bonchev–Trinajstić information content (AvgIpc) is 2.82. The maximum Gasteiger partial charge on any atom is 0.240 e. The molecule has 35 heavy (non-hydrogen) atoms. The van der Waals surface area contributed by atoms with E-state index in [4.69, 9.17) is 4.98 Å². The van der Waals surface area contributed by atoms with Gasteiger partial charge in [0.25, 0.3) is 0 Å². The predicted molar refractivity (Wildman–Crippen MR) is 141 cm³/mol. The molecule has 1 saturated heterocycles. The first-order valence-electron chi connectivity index (χ1n) is 11.9. The Morgan fingerprint density at radius 1 is 1.03 bits per heavy atom. The molecule has 0 aliphatic carbocycles. The van der Waals surface area contributed by atoms with Crippen molar-refractivity contribution in [3.63, 3.8) is 0 Å². The van der Waals surface area contributed by atoms with Crippen LogP contribution in [0, 0.1) is 6.92 Å². The largest absolute Gasteiger partial charge is 0.369 e. The van der Waals surface area contributed by atoms with E-state index in [2.05, 4.69) is 44.0 Å². The van der Waals surface area contributed by atoms with Crippen LogP contribution in [-0.4, -0.2) is 62.6 Å². The summed E-state index contributed by atoms with van der Waals surface area (Å²) in [6, 6.07) is 15.2. The van der Waals surface area contributed by atoms with E-state index in [1.54, 1.807) is 38.2 Å². The number of likely N-dealkylation sites (N-methyl/N-ethyl adjacent to an activating group) is 1. The molecule has 2 heterocycles. The van der Waals surface area contributed by atoms with Gasteiger partial charge < -0.3 is 15.1 Å². The van der Waals surface area contributed by atoms with Gasteiger partial charge in [-0.3, -0.25) is 0 Å². The molecule has 2 N–H and O–H groups in total. The second-order valence-electron chi connectivity index (χ2n) is 9.39. The lowest BCUT2D eigenvalue weighted by atomic mass is 10.1. The van der Waals surface area contributed by atoms with E-state index in [9.17, 15) is 8.42 Å². The summed E-state index contributed by atoms with van der Waals surface area (Å²) in [7, 11) is -1.39. The minimum atomic E-state index is -3.55. The smallest absolute Gasteiger partial charge is 0.240 e. The summed E-state index contributed by atoms with van der Waals surface area (Å²) < 4.78 is 27.8. The fourth-order valence-electron chi connectivity index (χ4n) is 4.06. The Labute approximate surface area is 208 Å². The molecule has 4 rings (SSSR count). The molecule has 1 aliphatic heterocycles. The van der Waals surface area contributed by atoms with Crippen LogP contribution >= 0.6 is 0 Å². The Hall–Kier alpha value is -3.01. The number of benzene rings is 2. The zero-order valence-corrected chi connectivity index (χ0v) is 21.6. The number of nitrogens with zero attached hydrogens (tertiary/aromatic N) is 4. The summed E-state index contributed by atoms with van der Waals surface area (Å²) in [6.45, 7) is 9.78. The Kier molecular flexibility index (Phi) is 7.69. The lowest BCUT2D eigenvalue weighted by molar-refractivity contribution is 0.313. The minimum absolute atomic E-state index is 0.169. The number of rotatable bonds is 8. The standard InChI is InChI=1S/C26H34N6O2S/c1-19(2)30-35(33,34)24-7-5-6-21(16-24)17-25-20(3)18-27-26(29-25)28-22-8-10-23(11-9-22)32-14-12-31(4)13-15-32/h5-11,16,18-19,30H,12-15,17H2,1-4H3,(H,27,28,29). The van der Waals surface area contributed by atoms with Crippen LogP contribution in [-0.2, 0) is 16.4 Å². The number of anilines is 3. The average molecular weight is 495 g/mol. The first-order chi connectivity index (χ1) is 16.7. The molecule has 0 amide bonds. The molecular formula is C26H34N6O2S. The highest BCUT2D eigenvalue weighted by Crippen LogP contribution is 2.22. The zero-order chi connectivity index (χ0) is 25.0. The van der Waals surface area contributed by atoms with Gasteiger partial charge in [0.05, 0.1) is 10.6 Å². The molecule has 1 fully saturated rings. The Morgan fingerprint density at radius 2 is 1.74 bits per heavy atom. The van der Waals surface area contributed by atoms with E-state index in [0.717, 1.165) is 48.7 Å². The number of sulfonamides is 1. The Bertz CT molecular complexity index is 1250. The van der Waals surface area contributed by atoms with Crippen LogP contribution in [0.4, 0.5) is 17.3 Å². The third-order valence-electron chi connectivity index (χ3n) is 6.04. The van der Waals surface area contributed by atoms with Crippen LogP contribution in [0.5, 0.6) is 0 Å². The number of hydrogen-bond donors (Lipinski definition) is 2. The second kappa shape index (κ2) is 10.7. The molecule has 0 radical (unpaired) electrons. The van der Waals surface area contributed by atoms with Crippen molar-refractivity contribution in [1.82, 2.24) is 19.6 Å². The van der Waals surface area contributed by atoms with Gasteiger partial charge in [-0.15, -0.1) is 0 Å². The Balaban J connectivity index is 1.46. The van der Waals surface area contributed by atoms with Gasteiger partial charge in [0, 0.05) is 56.2 Å². The van der Waals surface area contributed by atoms with Crippen LogP contribution in [0.2, 0.25) is 0 Å². The molecule has 0 saturated carbocycles. The quantitative estimate of drug-likeness (QED) is 0.495. The lowest BCUT2D eigenvalue weighted by Gasteiger charge is -2.34. The van der Waals surface area contributed by atoms with Gasteiger partial charge >= 0.3 is 0 Å². The van der Waals surface area contributed by atoms with E-state index >= 15 is 0 Å². The molecule has 186 valence electrons. The van der Waals surface area contributed by atoms with E-state index < -0.39 is 10.0 Å². The first-order valence-corrected chi connectivity index (χ1v) is 13.4. The zero-order valence-electron chi connectivity index (χ0n) is 20.8. The van der Waals surface area contributed by atoms with Gasteiger partial charge in [0.1, 0.15) is 0 Å². The monoisotopic (exact) mass is 494 g/mol. The van der Waals surface area contributed by atoms with E-state index in [1.807, 2.05) is 25.1 Å². The molecule has 2 aromatic carbocycles. The van der Waals surface area contributed by atoms with Crippen molar-refractivity contribution in [1.29, 1.82) is 0 Å². The number of nitrogens with one attached hydrogen (secondary N) is 2. The van der Waals surface area contributed by atoms with Crippen molar-refractivity contribution in [3.05, 3.63) is 71.5 Å². The van der Waals surface area contributed by atoms with Crippen LogP contribution in [0.3, 0.4) is 0 Å². The van der Waals surface area contributed by atoms with Crippen LogP contribution in [0.25, 0.3) is 0 Å². The highest BCUT2D eigenvalue weighted by Gasteiger charge is 2.17. The molecular weight excluding hydrogens is 460 g/mol. The molecule has 0 unspecified atom stereocenters. The second-order valence-corrected chi connectivity index (χ2v) is 11.1. The van der Waals surface area contributed by atoms with Gasteiger partial charge in [-0.05, 0) is 75.3 Å². The summed E-state index contributed by atoms with van der Waals surface area (Å²) in [5.41, 5.74) is 4.82. The van der Waals surface area contributed by atoms with Crippen LogP contribution in [0.15, 0.2) is 59.6 Å². The van der Waals surface area contributed by atoms with Gasteiger partial charge in [-0.1, -0.05) is 12.1 Å². The van der Waals surface area contributed by atoms with Crippen LogP contribution < -0.4 is 14.9 Å². The van der Waals surface area contributed by atoms with E-state index in [-0.39, 0.29) is 10.9 Å². The maximum absolute atomic E-state index is 12.6. The van der Waals surface area contributed by atoms with Gasteiger partial charge in [-0.2, -0.15) is 0 Å². The minimum Gasteiger partial charge on any atom is -0.369 e. The maximum atomic E-state index is 12.6. The van der Waals surface area contributed by atoms with Crippen molar-refractivity contribution in [2.45, 2.75) is 38.1 Å². The molecule has 0 atom stereocenters. The van der Waals surface area contributed by atoms with E-state index in [1.165, 1.54) is 5.69 Å². The molecule has 8 nitrogen and oxygen atoms in total. The normalized spacial score (nSPS) is 14.9. The molecule has 0 bridgehead atoms. The predicted octanol–water partition coefficient (Wildman–Crippen LogP) is 3.56. The van der Waals surface area contributed by atoms with Crippen LogP contribution in [0.1, 0.15) is 30.7 Å². The SMILES string of the molecule is Cc1cnc(Nc2ccc(N3CCN(C)CC3)cc2)nc1Cc1cccc(S(=O)(=O)NC(C)C)c1. The summed E-state index contributed by atoms with van der Waals surface area (Å²) in [5, 5.41) is 3.30. The summed E-state index contributed by atoms with van der Waals surface area (Å²) >= 11 is 0. The molecule has 1 aliphatic rings. The Morgan fingerprint density at radius 3 is 2.43 bits per heavy atom. The molecule has 9 heteroatoms. The fraction of sp³-hybridized carbons (Fsp3) is 0.385. The van der Waals surface area contributed by atoms with E-state index in [0.29, 0.717) is 12.4 Å². The van der Waals surface area contributed by atoms with Gasteiger partial charge in [0.15, 0.2) is 0 Å². The van der Waals surface area contributed by atoms with Crippen molar-refractivity contribution < 1.29 is 8.42 Å². The number of hydrogen-bond acceptors (Lipinski definition) is 7. The fourth-order valence-corrected chi connectivity index (χ4v) is 5.38. The highest BCUT2D eigenvalue weighted by atomic mass is 32.2. The number of piperazine rings is 1. The van der Waals surface area contributed by atoms with Crippen molar-refractivity contribution in [3.8, 4) is 0 Å². The third kappa shape index (κ3) is 6.56.